The van der Waals surface area contributed by atoms with Gasteiger partial charge in [0.2, 0.25) is 0 Å². The number of nitrogens with one attached hydrogen (secondary N) is 2. The molecule has 1 amide bonds. The van der Waals surface area contributed by atoms with Gasteiger partial charge in [-0.2, -0.15) is 13.2 Å². The Kier molecular flexibility index (Phi) is 5.24. The Hall–Kier alpha value is -3.14. The molecule has 2 N–H and O–H groups in total. The molecule has 1 aliphatic rings. The second-order valence-electron chi connectivity index (χ2n) is 7.93. The van der Waals surface area contributed by atoms with Gasteiger partial charge in [-0.3, -0.25) is 9.20 Å². The fourth-order valence-corrected chi connectivity index (χ4v) is 4.89. The number of pyridine rings is 1. The molecule has 1 saturated carbocycles. The molecule has 5 rings (SSSR count). The van der Waals surface area contributed by atoms with Crippen molar-refractivity contribution in [2.24, 2.45) is 0 Å². The topological polar surface area (TPSA) is 71.3 Å². The molecule has 0 bridgehead atoms. The third-order valence-corrected chi connectivity index (χ3v) is 6.60. The van der Waals surface area contributed by atoms with Gasteiger partial charge in [-0.25, -0.2) is 9.97 Å². The zero-order valence-electron chi connectivity index (χ0n) is 16.9. The molecule has 0 saturated heterocycles. The zero-order valence-corrected chi connectivity index (χ0v) is 17.7. The average molecular weight is 459 g/mol. The maximum absolute atomic E-state index is 13.0. The third kappa shape index (κ3) is 4.02. The maximum atomic E-state index is 13.0. The number of anilines is 1. The number of carbonyl (C=O) groups excluding carboxylic acids is 1. The molecule has 10 heteroatoms. The van der Waals surface area contributed by atoms with E-state index < -0.39 is 11.9 Å². The van der Waals surface area contributed by atoms with Crippen LogP contribution in [0.3, 0.4) is 0 Å². The first-order valence-corrected chi connectivity index (χ1v) is 11.2. The number of hydrogen-bond donors (Lipinski definition) is 2. The van der Waals surface area contributed by atoms with Crippen LogP contribution in [0.25, 0.3) is 15.9 Å². The van der Waals surface area contributed by atoms with Gasteiger partial charge in [-0.1, -0.05) is 12.1 Å². The summed E-state index contributed by atoms with van der Waals surface area (Å²) in [6.45, 7) is 0. The summed E-state index contributed by atoms with van der Waals surface area (Å²) >= 11 is 1.50. The van der Waals surface area contributed by atoms with Gasteiger partial charge in [0.1, 0.15) is 11.5 Å². The molecule has 0 unspecified atom stereocenters. The minimum atomic E-state index is -4.48. The summed E-state index contributed by atoms with van der Waals surface area (Å²) < 4.78 is 41.5. The number of aromatic nitrogens is 3. The van der Waals surface area contributed by atoms with E-state index in [0.717, 1.165) is 42.1 Å². The summed E-state index contributed by atoms with van der Waals surface area (Å²) in [5.41, 5.74) is 2.37. The van der Waals surface area contributed by atoms with Gasteiger partial charge in [0.05, 0.1) is 21.3 Å². The molecule has 0 spiro atoms. The number of amides is 1. The lowest BCUT2D eigenvalue weighted by Crippen LogP contribution is -2.40. The van der Waals surface area contributed by atoms with Crippen LogP contribution in [0.15, 0.2) is 48.1 Å². The molecule has 0 aliphatic heterocycles. The Morgan fingerprint density at radius 3 is 2.59 bits per heavy atom. The molecular formula is C22H20F3N5OS. The SMILES string of the molecule is O=C(N[C@H]1CC[C@@H](Nc2cccc3nc(C(F)(F)F)cn23)CC1)c1cccc2scnc12. The first-order chi connectivity index (χ1) is 15.4. The van der Waals surface area contributed by atoms with Crippen molar-refractivity contribution in [3.05, 3.63) is 59.4 Å². The molecule has 6 nitrogen and oxygen atoms in total. The van der Waals surface area contributed by atoms with E-state index in [1.807, 2.05) is 12.1 Å². The molecule has 1 aromatic carbocycles. The van der Waals surface area contributed by atoms with Crippen molar-refractivity contribution in [3.63, 3.8) is 0 Å². The van der Waals surface area contributed by atoms with Gasteiger partial charge >= 0.3 is 6.18 Å². The minimum absolute atomic E-state index is 0.0512. The van der Waals surface area contributed by atoms with Crippen molar-refractivity contribution in [2.75, 3.05) is 5.32 Å². The third-order valence-electron chi connectivity index (χ3n) is 5.80. The predicted octanol–water partition coefficient (Wildman–Crippen LogP) is 5.12. The van der Waals surface area contributed by atoms with Crippen LogP contribution in [0.5, 0.6) is 0 Å². The number of hydrogen-bond acceptors (Lipinski definition) is 5. The van der Waals surface area contributed by atoms with E-state index in [4.69, 9.17) is 0 Å². The molecule has 1 fully saturated rings. The van der Waals surface area contributed by atoms with Crippen molar-refractivity contribution in [3.8, 4) is 0 Å². The number of fused-ring (bicyclic) bond motifs is 2. The van der Waals surface area contributed by atoms with Gasteiger partial charge in [-0.05, 0) is 49.9 Å². The summed E-state index contributed by atoms with van der Waals surface area (Å²) in [7, 11) is 0. The number of nitrogens with zero attached hydrogens (tertiary/aromatic N) is 3. The maximum Gasteiger partial charge on any atom is 0.434 e. The molecular weight excluding hydrogens is 439 g/mol. The first kappa shape index (κ1) is 20.7. The van der Waals surface area contributed by atoms with Crippen LogP contribution in [-0.2, 0) is 6.18 Å². The quantitative estimate of drug-likeness (QED) is 0.445. The van der Waals surface area contributed by atoms with E-state index >= 15 is 0 Å². The second kappa shape index (κ2) is 8.09. The van der Waals surface area contributed by atoms with Crippen molar-refractivity contribution in [2.45, 2.75) is 43.9 Å². The lowest BCUT2D eigenvalue weighted by Gasteiger charge is -2.30. The van der Waals surface area contributed by atoms with Crippen molar-refractivity contribution >= 4 is 38.9 Å². The van der Waals surface area contributed by atoms with Crippen LogP contribution in [-0.4, -0.2) is 32.4 Å². The minimum Gasteiger partial charge on any atom is -0.368 e. The van der Waals surface area contributed by atoms with Gasteiger partial charge in [0, 0.05) is 18.3 Å². The van der Waals surface area contributed by atoms with Crippen LogP contribution in [0.2, 0.25) is 0 Å². The van der Waals surface area contributed by atoms with Crippen LogP contribution in [0.1, 0.15) is 41.7 Å². The fraction of sp³-hybridized carbons (Fsp3) is 0.318. The summed E-state index contributed by atoms with van der Waals surface area (Å²) in [5.74, 6) is 0.453. The van der Waals surface area contributed by atoms with Gasteiger partial charge < -0.3 is 10.6 Å². The Bertz CT molecular complexity index is 1270. The molecule has 32 heavy (non-hydrogen) atoms. The number of para-hydroxylation sites is 1. The Morgan fingerprint density at radius 2 is 1.81 bits per heavy atom. The van der Waals surface area contributed by atoms with E-state index in [9.17, 15) is 18.0 Å². The molecule has 4 aromatic rings. The summed E-state index contributed by atoms with van der Waals surface area (Å²) in [6, 6.07) is 10.7. The number of alkyl halides is 3. The highest BCUT2D eigenvalue weighted by atomic mass is 32.1. The van der Waals surface area contributed by atoms with Crippen molar-refractivity contribution < 1.29 is 18.0 Å². The van der Waals surface area contributed by atoms with E-state index in [-0.39, 0.29) is 23.6 Å². The van der Waals surface area contributed by atoms with Crippen LogP contribution in [0.4, 0.5) is 19.0 Å². The highest BCUT2D eigenvalue weighted by molar-refractivity contribution is 7.16. The van der Waals surface area contributed by atoms with Crippen molar-refractivity contribution in [1.82, 2.24) is 19.7 Å². The number of thiazole rings is 1. The Morgan fingerprint density at radius 1 is 1.06 bits per heavy atom. The zero-order chi connectivity index (χ0) is 22.3. The Labute approximate surface area is 185 Å². The monoisotopic (exact) mass is 459 g/mol. The van der Waals surface area contributed by atoms with Crippen LogP contribution < -0.4 is 10.6 Å². The highest BCUT2D eigenvalue weighted by Crippen LogP contribution is 2.30. The largest absolute Gasteiger partial charge is 0.434 e. The van der Waals surface area contributed by atoms with E-state index in [2.05, 4.69) is 20.6 Å². The molecule has 1 aliphatic carbocycles. The number of imidazole rings is 1. The molecule has 0 radical (unpaired) electrons. The standard InChI is InChI=1S/C22H20F3N5OS/c23-22(24,25)17-11-30-18(5-2-6-19(30)29-17)27-13-7-9-14(10-8-13)28-21(31)15-3-1-4-16-20(15)26-12-32-16/h1-6,11-14,27H,7-10H2,(H,28,31)/t13-,14+. The fourth-order valence-electron chi connectivity index (χ4n) is 4.19. The van der Waals surface area contributed by atoms with E-state index in [0.29, 0.717) is 11.4 Å². The molecule has 166 valence electrons. The summed E-state index contributed by atoms with van der Waals surface area (Å²) in [5, 5.41) is 6.46. The number of halogens is 3. The second-order valence-corrected chi connectivity index (χ2v) is 8.82. The Balaban J connectivity index is 1.22. The van der Waals surface area contributed by atoms with E-state index in [1.54, 1.807) is 29.8 Å². The van der Waals surface area contributed by atoms with Gasteiger partial charge in [0.25, 0.3) is 5.91 Å². The van der Waals surface area contributed by atoms with Gasteiger partial charge in [0.15, 0.2) is 5.69 Å². The average Bonchev–Trinajstić information content (AvgIpc) is 3.42. The predicted molar refractivity (Wildman–Crippen MR) is 117 cm³/mol. The highest BCUT2D eigenvalue weighted by Gasteiger charge is 2.34. The van der Waals surface area contributed by atoms with Crippen LogP contribution >= 0.6 is 11.3 Å². The van der Waals surface area contributed by atoms with Crippen molar-refractivity contribution in [1.29, 1.82) is 0 Å². The molecule has 0 atom stereocenters. The number of rotatable bonds is 4. The first-order valence-electron chi connectivity index (χ1n) is 10.3. The van der Waals surface area contributed by atoms with Crippen LogP contribution in [0, 0.1) is 0 Å². The summed E-state index contributed by atoms with van der Waals surface area (Å²) in [6.07, 6.45) is -0.314. The molecule has 3 aromatic heterocycles. The number of benzene rings is 1. The lowest BCUT2D eigenvalue weighted by atomic mass is 9.91. The smallest absolute Gasteiger partial charge is 0.368 e. The number of carbonyl (C=O) groups is 1. The molecule has 3 heterocycles. The summed E-state index contributed by atoms with van der Waals surface area (Å²) in [4.78, 5) is 20.7. The lowest BCUT2D eigenvalue weighted by molar-refractivity contribution is -0.140. The normalized spacial score (nSPS) is 19.3. The van der Waals surface area contributed by atoms with E-state index in [1.165, 1.54) is 15.7 Å². The van der Waals surface area contributed by atoms with Gasteiger partial charge in [-0.15, -0.1) is 11.3 Å².